The van der Waals surface area contributed by atoms with E-state index in [0.29, 0.717) is 22.6 Å². The fraction of sp³-hybridized carbons (Fsp3) is 0.417. The Morgan fingerprint density at radius 1 is 1.09 bits per heavy atom. The van der Waals surface area contributed by atoms with Crippen molar-refractivity contribution in [3.63, 3.8) is 0 Å². The van der Waals surface area contributed by atoms with Crippen LogP contribution < -0.4 is 15.0 Å². The van der Waals surface area contributed by atoms with E-state index in [-0.39, 0.29) is 12.5 Å². The molecule has 7 nitrogen and oxygen atoms in total. The Hall–Kier alpha value is -2.58. The molecule has 1 fully saturated rings. The van der Waals surface area contributed by atoms with Crippen LogP contribution >= 0.6 is 15.9 Å². The van der Waals surface area contributed by atoms with Crippen molar-refractivity contribution in [3.8, 4) is 5.75 Å². The third-order valence-electron chi connectivity index (χ3n) is 5.60. The molecular weight excluding hydrogens is 474 g/mol. The predicted octanol–water partition coefficient (Wildman–Crippen LogP) is 4.34. The maximum atomic E-state index is 13.3. The summed E-state index contributed by atoms with van der Waals surface area (Å²) in [6.07, 6.45) is 0. The van der Waals surface area contributed by atoms with Crippen molar-refractivity contribution >= 4 is 39.2 Å². The number of hydrogen-bond donors (Lipinski definition) is 1. The molecule has 0 unspecified atom stereocenters. The lowest BCUT2D eigenvalue weighted by Crippen LogP contribution is -2.46. The fourth-order valence-corrected chi connectivity index (χ4v) is 4.49. The maximum absolute atomic E-state index is 13.3. The summed E-state index contributed by atoms with van der Waals surface area (Å²) in [4.78, 5) is 30.2. The largest absolute Gasteiger partial charge is 0.496 e. The second-order valence-corrected chi connectivity index (χ2v) is 8.55. The molecule has 1 saturated heterocycles. The molecule has 1 aliphatic heterocycles. The molecule has 1 aliphatic rings. The van der Waals surface area contributed by atoms with Gasteiger partial charge in [-0.2, -0.15) is 0 Å². The summed E-state index contributed by atoms with van der Waals surface area (Å²) < 4.78 is 11.4. The highest BCUT2D eigenvalue weighted by atomic mass is 79.9. The van der Waals surface area contributed by atoms with E-state index in [1.54, 1.807) is 32.2 Å². The number of halogens is 1. The van der Waals surface area contributed by atoms with E-state index in [4.69, 9.17) is 9.47 Å². The van der Waals surface area contributed by atoms with Crippen LogP contribution in [0.3, 0.4) is 0 Å². The number of esters is 1. The van der Waals surface area contributed by atoms with E-state index in [1.807, 2.05) is 19.1 Å². The highest BCUT2D eigenvalue weighted by Gasteiger charge is 2.22. The average Bonchev–Trinajstić information content (AvgIpc) is 2.78. The van der Waals surface area contributed by atoms with Crippen molar-refractivity contribution in [1.29, 1.82) is 0 Å². The standard InChI is InChI=1S/C24H30BrN3O4/c1-5-27-9-11-28(12-10-27)21-8-7-17(24(30)32-6-2)14-20(21)26-23(29)19-15-18(25)13-16(3)22(19)31-4/h7-8,13-15H,5-6,9-12H2,1-4H3,(H,26,29). The summed E-state index contributed by atoms with van der Waals surface area (Å²) in [5.41, 5.74) is 3.12. The normalized spacial score (nSPS) is 14.2. The first-order chi connectivity index (χ1) is 15.4. The molecule has 0 radical (unpaired) electrons. The summed E-state index contributed by atoms with van der Waals surface area (Å²) >= 11 is 3.46. The minimum atomic E-state index is -0.416. The van der Waals surface area contributed by atoms with Crippen LogP contribution in [0.25, 0.3) is 0 Å². The second-order valence-electron chi connectivity index (χ2n) is 7.63. The van der Waals surface area contributed by atoms with Gasteiger partial charge in [0.15, 0.2) is 0 Å². The molecule has 0 atom stereocenters. The number of amides is 1. The lowest BCUT2D eigenvalue weighted by Gasteiger charge is -2.36. The molecule has 8 heteroatoms. The van der Waals surface area contributed by atoms with Crippen molar-refractivity contribution in [2.24, 2.45) is 0 Å². The number of likely N-dealkylation sites (N-methyl/N-ethyl adjacent to an activating group) is 1. The van der Waals surface area contributed by atoms with Gasteiger partial charge in [-0.05, 0) is 56.3 Å². The Morgan fingerprint density at radius 3 is 2.44 bits per heavy atom. The van der Waals surface area contributed by atoms with Gasteiger partial charge >= 0.3 is 5.97 Å². The Labute approximate surface area is 197 Å². The van der Waals surface area contributed by atoms with Gasteiger partial charge in [0.1, 0.15) is 5.75 Å². The monoisotopic (exact) mass is 503 g/mol. The quantitative estimate of drug-likeness (QED) is 0.566. The number of rotatable bonds is 7. The van der Waals surface area contributed by atoms with Crippen molar-refractivity contribution in [1.82, 2.24) is 4.90 Å². The second kappa shape index (κ2) is 10.8. The number of carbonyl (C=O) groups excluding carboxylic acids is 2. The minimum Gasteiger partial charge on any atom is -0.496 e. The molecule has 0 aliphatic carbocycles. The highest BCUT2D eigenvalue weighted by molar-refractivity contribution is 9.10. The van der Waals surface area contributed by atoms with Crippen LogP contribution in [0, 0.1) is 6.92 Å². The summed E-state index contributed by atoms with van der Waals surface area (Å²) in [5.74, 6) is -0.202. The summed E-state index contributed by atoms with van der Waals surface area (Å²) in [7, 11) is 1.55. The van der Waals surface area contributed by atoms with Gasteiger partial charge in [0.2, 0.25) is 0 Å². The zero-order chi connectivity index (χ0) is 23.3. The molecule has 2 aromatic rings. The van der Waals surface area contributed by atoms with Crippen LogP contribution in [0.2, 0.25) is 0 Å². The van der Waals surface area contributed by atoms with Crippen LogP contribution in [0.15, 0.2) is 34.8 Å². The molecule has 0 aromatic heterocycles. The number of benzene rings is 2. The van der Waals surface area contributed by atoms with Crippen LogP contribution in [0.5, 0.6) is 5.75 Å². The van der Waals surface area contributed by atoms with Gasteiger partial charge < -0.3 is 24.6 Å². The molecule has 1 amide bonds. The highest BCUT2D eigenvalue weighted by Crippen LogP contribution is 2.32. The molecule has 1 N–H and O–H groups in total. The molecule has 0 spiro atoms. The molecule has 1 heterocycles. The molecule has 0 bridgehead atoms. The van der Waals surface area contributed by atoms with E-state index in [1.165, 1.54) is 0 Å². The molecular formula is C24H30BrN3O4. The number of ether oxygens (including phenoxy) is 2. The number of aryl methyl sites for hydroxylation is 1. The number of anilines is 2. The van der Waals surface area contributed by atoms with Gasteiger partial charge in [0, 0.05) is 30.7 Å². The first-order valence-electron chi connectivity index (χ1n) is 10.8. The summed E-state index contributed by atoms with van der Waals surface area (Å²) in [5, 5.41) is 3.01. The molecule has 172 valence electrons. The summed E-state index contributed by atoms with van der Waals surface area (Å²) in [6, 6.07) is 8.95. The van der Waals surface area contributed by atoms with Gasteiger partial charge in [-0.3, -0.25) is 4.79 Å². The van der Waals surface area contributed by atoms with Crippen molar-refractivity contribution in [2.75, 3.05) is 56.7 Å². The SMILES string of the molecule is CCOC(=O)c1ccc(N2CCN(CC)CC2)c(NC(=O)c2cc(Br)cc(C)c2OC)c1. The smallest absolute Gasteiger partial charge is 0.338 e. The van der Waals surface area contributed by atoms with Crippen molar-refractivity contribution < 1.29 is 19.1 Å². The number of nitrogens with zero attached hydrogens (tertiary/aromatic N) is 2. The maximum Gasteiger partial charge on any atom is 0.338 e. The van der Waals surface area contributed by atoms with E-state index >= 15 is 0 Å². The lowest BCUT2D eigenvalue weighted by molar-refractivity contribution is 0.0526. The Kier molecular flexibility index (Phi) is 8.15. The average molecular weight is 504 g/mol. The molecule has 0 saturated carbocycles. The summed E-state index contributed by atoms with van der Waals surface area (Å²) in [6.45, 7) is 10.7. The predicted molar refractivity (Wildman–Crippen MR) is 130 cm³/mol. The van der Waals surface area contributed by atoms with Crippen LogP contribution in [-0.4, -0.2) is 63.2 Å². The molecule has 3 rings (SSSR count). The fourth-order valence-electron chi connectivity index (χ4n) is 3.92. The van der Waals surface area contributed by atoms with Gasteiger partial charge in [-0.15, -0.1) is 0 Å². The van der Waals surface area contributed by atoms with Crippen LogP contribution in [-0.2, 0) is 4.74 Å². The Morgan fingerprint density at radius 2 is 1.81 bits per heavy atom. The van der Waals surface area contributed by atoms with Crippen molar-refractivity contribution in [3.05, 3.63) is 51.5 Å². The van der Waals surface area contributed by atoms with Gasteiger partial charge in [0.05, 0.1) is 36.2 Å². The number of piperazine rings is 1. The first-order valence-corrected chi connectivity index (χ1v) is 11.6. The third-order valence-corrected chi connectivity index (χ3v) is 6.06. The number of nitrogens with one attached hydrogen (secondary N) is 1. The van der Waals surface area contributed by atoms with Gasteiger partial charge in [-0.1, -0.05) is 22.9 Å². The minimum absolute atomic E-state index is 0.287. The van der Waals surface area contributed by atoms with Crippen LogP contribution in [0.1, 0.15) is 40.1 Å². The van der Waals surface area contributed by atoms with E-state index in [0.717, 1.165) is 48.4 Å². The van der Waals surface area contributed by atoms with E-state index in [2.05, 4.69) is 38.0 Å². The number of methoxy groups -OCH3 is 1. The Bertz CT molecular complexity index is 987. The Balaban J connectivity index is 1.96. The topological polar surface area (TPSA) is 71.1 Å². The number of hydrogen-bond acceptors (Lipinski definition) is 6. The van der Waals surface area contributed by atoms with E-state index in [9.17, 15) is 9.59 Å². The third kappa shape index (κ3) is 5.42. The van der Waals surface area contributed by atoms with Gasteiger partial charge in [-0.25, -0.2) is 4.79 Å². The first kappa shape index (κ1) is 24.1. The van der Waals surface area contributed by atoms with Crippen molar-refractivity contribution in [2.45, 2.75) is 20.8 Å². The van der Waals surface area contributed by atoms with Crippen LogP contribution in [0.4, 0.5) is 11.4 Å². The molecule has 32 heavy (non-hydrogen) atoms. The lowest BCUT2D eigenvalue weighted by atomic mass is 10.1. The molecule has 2 aromatic carbocycles. The van der Waals surface area contributed by atoms with E-state index < -0.39 is 5.97 Å². The zero-order valence-corrected chi connectivity index (χ0v) is 20.6. The van der Waals surface area contributed by atoms with Gasteiger partial charge in [0.25, 0.3) is 5.91 Å². The zero-order valence-electron chi connectivity index (χ0n) is 19.0. The number of carbonyl (C=O) groups is 2.